The van der Waals surface area contributed by atoms with Gasteiger partial charge in [-0.15, -0.1) is 0 Å². The van der Waals surface area contributed by atoms with Gasteiger partial charge in [0.25, 0.3) is 0 Å². The Morgan fingerprint density at radius 1 is 1.47 bits per heavy atom. The average molecular weight is 269 g/mol. The molecule has 0 heterocycles. The van der Waals surface area contributed by atoms with Gasteiger partial charge in [0.15, 0.2) is 5.84 Å². The summed E-state index contributed by atoms with van der Waals surface area (Å²) in [5.41, 5.74) is 6.18. The molecule has 0 aliphatic rings. The molecule has 0 atom stereocenters. The van der Waals surface area contributed by atoms with Gasteiger partial charge in [-0.1, -0.05) is 11.2 Å². The number of anilines is 1. The Kier molecular flexibility index (Phi) is 5.57. The number of nitrogens with zero attached hydrogens (tertiary/aromatic N) is 2. The zero-order valence-electron chi connectivity index (χ0n) is 11.2. The molecular weight excluding hydrogens is 249 g/mol. The Morgan fingerprint density at radius 2 is 2.16 bits per heavy atom. The summed E-state index contributed by atoms with van der Waals surface area (Å²) < 4.78 is 13.9. The molecule has 1 rings (SSSR count). The van der Waals surface area contributed by atoms with Gasteiger partial charge in [-0.25, -0.2) is 4.39 Å². The fraction of sp³-hybridized carbons (Fsp3) is 0.462. The van der Waals surface area contributed by atoms with Crippen molar-refractivity contribution >= 4 is 11.5 Å². The van der Waals surface area contributed by atoms with Crippen molar-refractivity contribution in [2.24, 2.45) is 10.9 Å². The minimum Gasteiger partial charge on any atom is -0.409 e. The second kappa shape index (κ2) is 6.94. The number of halogens is 1. The van der Waals surface area contributed by atoms with E-state index in [1.807, 2.05) is 18.7 Å². The van der Waals surface area contributed by atoms with Crippen LogP contribution in [0, 0.1) is 5.82 Å². The molecule has 4 N–H and O–H groups in total. The minimum atomic E-state index is -0.539. The predicted octanol–water partition coefficient (Wildman–Crippen LogP) is 1.52. The Labute approximate surface area is 112 Å². The summed E-state index contributed by atoms with van der Waals surface area (Å²) in [5, 5.41) is 20.6. The highest BCUT2D eigenvalue weighted by Crippen LogP contribution is 2.25. The molecule has 5 nitrogen and oxygen atoms in total. The van der Waals surface area contributed by atoms with Gasteiger partial charge >= 0.3 is 0 Å². The number of aliphatic hydroxyl groups excluding tert-OH is 1. The quantitative estimate of drug-likeness (QED) is 0.316. The molecule has 1 aromatic rings. The number of amidine groups is 1. The van der Waals surface area contributed by atoms with Gasteiger partial charge in [-0.05, 0) is 32.4 Å². The highest BCUT2D eigenvalue weighted by atomic mass is 19.1. The molecule has 0 aromatic heterocycles. The number of rotatable bonds is 6. The zero-order valence-corrected chi connectivity index (χ0v) is 11.2. The lowest BCUT2D eigenvalue weighted by atomic mass is 10.1. The van der Waals surface area contributed by atoms with Gasteiger partial charge in [-0.3, -0.25) is 0 Å². The van der Waals surface area contributed by atoms with Crippen molar-refractivity contribution in [2.75, 3.05) is 18.1 Å². The molecule has 0 fully saturated rings. The van der Waals surface area contributed by atoms with E-state index in [-0.39, 0.29) is 24.0 Å². The number of hydrogen-bond donors (Lipinski definition) is 3. The molecule has 19 heavy (non-hydrogen) atoms. The van der Waals surface area contributed by atoms with Crippen LogP contribution in [-0.2, 0) is 0 Å². The summed E-state index contributed by atoms with van der Waals surface area (Å²) >= 11 is 0. The van der Waals surface area contributed by atoms with E-state index in [2.05, 4.69) is 5.16 Å². The summed E-state index contributed by atoms with van der Waals surface area (Å²) in [4.78, 5) is 1.91. The minimum absolute atomic E-state index is 0.0530. The second-order valence-electron chi connectivity index (χ2n) is 4.48. The largest absolute Gasteiger partial charge is 0.409 e. The van der Waals surface area contributed by atoms with Crippen LogP contribution in [0.4, 0.5) is 10.1 Å². The van der Waals surface area contributed by atoms with Crippen LogP contribution < -0.4 is 10.6 Å². The summed E-state index contributed by atoms with van der Waals surface area (Å²) in [7, 11) is 0. The van der Waals surface area contributed by atoms with Gasteiger partial charge in [-0.2, -0.15) is 0 Å². The van der Waals surface area contributed by atoms with Crippen molar-refractivity contribution in [1.82, 2.24) is 0 Å². The van der Waals surface area contributed by atoms with Crippen molar-refractivity contribution in [1.29, 1.82) is 0 Å². The van der Waals surface area contributed by atoms with Crippen LogP contribution in [0.3, 0.4) is 0 Å². The van der Waals surface area contributed by atoms with Crippen LogP contribution >= 0.6 is 0 Å². The monoisotopic (exact) mass is 269 g/mol. The first-order chi connectivity index (χ1) is 9.02. The lowest BCUT2D eigenvalue weighted by Gasteiger charge is -2.30. The Balaban J connectivity index is 3.26. The maximum Gasteiger partial charge on any atom is 0.175 e. The van der Waals surface area contributed by atoms with E-state index in [9.17, 15) is 4.39 Å². The number of oxime groups is 1. The summed E-state index contributed by atoms with van der Waals surface area (Å²) in [6.07, 6.45) is 0.560. The molecule has 0 amide bonds. The van der Waals surface area contributed by atoms with Crippen molar-refractivity contribution in [3.8, 4) is 0 Å². The molecule has 0 aliphatic carbocycles. The standard InChI is InChI=1S/C13H20FN3O2/c1-9(2)17(7-4-8-18)11-6-3-5-10(14)12(11)13(15)16-19/h3,5-6,9,18-19H,4,7-8H2,1-2H3,(H2,15,16). The van der Waals surface area contributed by atoms with Gasteiger partial charge < -0.3 is 20.9 Å². The Hall–Kier alpha value is -1.82. The van der Waals surface area contributed by atoms with Crippen LogP contribution in [0.15, 0.2) is 23.4 Å². The third-order valence-electron chi connectivity index (χ3n) is 2.85. The number of hydrogen-bond acceptors (Lipinski definition) is 4. The number of aliphatic hydroxyl groups is 1. The lowest BCUT2D eigenvalue weighted by molar-refractivity contribution is 0.288. The highest BCUT2D eigenvalue weighted by molar-refractivity contribution is 6.02. The molecule has 0 saturated heterocycles. The highest BCUT2D eigenvalue weighted by Gasteiger charge is 2.19. The van der Waals surface area contributed by atoms with Gasteiger partial charge in [0.1, 0.15) is 5.82 Å². The zero-order chi connectivity index (χ0) is 14.4. The maximum atomic E-state index is 13.9. The van der Waals surface area contributed by atoms with E-state index in [4.69, 9.17) is 16.0 Å². The van der Waals surface area contributed by atoms with E-state index >= 15 is 0 Å². The molecule has 0 unspecified atom stereocenters. The normalized spacial score (nSPS) is 11.9. The van der Waals surface area contributed by atoms with Gasteiger partial charge in [0, 0.05) is 19.2 Å². The lowest BCUT2D eigenvalue weighted by Crippen LogP contribution is -2.34. The van der Waals surface area contributed by atoms with Crippen molar-refractivity contribution in [2.45, 2.75) is 26.3 Å². The molecule has 0 spiro atoms. The summed E-state index contributed by atoms with van der Waals surface area (Å²) in [5.74, 6) is -0.801. The fourth-order valence-corrected chi connectivity index (χ4v) is 1.95. The summed E-state index contributed by atoms with van der Waals surface area (Å²) in [6.45, 7) is 4.53. The smallest absolute Gasteiger partial charge is 0.175 e. The number of benzene rings is 1. The van der Waals surface area contributed by atoms with Crippen LogP contribution in [0.5, 0.6) is 0 Å². The third kappa shape index (κ3) is 3.57. The van der Waals surface area contributed by atoms with E-state index in [0.29, 0.717) is 18.7 Å². The molecular formula is C13H20FN3O2. The van der Waals surface area contributed by atoms with Crippen molar-refractivity contribution in [3.63, 3.8) is 0 Å². The number of nitrogens with two attached hydrogens (primary N) is 1. The van der Waals surface area contributed by atoms with E-state index in [1.165, 1.54) is 6.07 Å². The second-order valence-corrected chi connectivity index (χ2v) is 4.48. The summed E-state index contributed by atoms with van der Waals surface area (Å²) in [6, 6.07) is 4.65. The first-order valence-corrected chi connectivity index (χ1v) is 6.16. The molecule has 6 heteroatoms. The van der Waals surface area contributed by atoms with Crippen LogP contribution in [0.1, 0.15) is 25.8 Å². The molecule has 1 aromatic carbocycles. The van der Waals surface area contributed by atoms with Crippen LogP contribution in [0.2, 0.25) is 0 Å². The fourth-order valence-electron chi connectivity index (χ4n) is 1.95. The molecule has 0 aliphatic heterocycles. The first-order valence-electron chi connectivity index (χ1n) is 6.16. The molecule has 106 valence electrons. The van der Waals surface area contributed by atoms with Crippen LogP contribution in [-0.4, -0.2) is 35.3 Å². The van der Waals surface area contributed by atoms with Crippen molar-refractivity contribution < 1.29 is 14.7 Å². The van der Waals surface area contributed by atoms with E-state index < -0.39 is 5.82 Å². The third-order valence-corrected chi connectivity index (χ3v) is 2.85. The molecule has 0 saturated carbocycles. The average Bonchev–Trinajstić information content (AvgIpc) is 2.38. The van der Waals surface area contributed by atoms with E-state index in [1.54, 1.807) is 12.1 Å². The molecule has 0 radical (unpaired) electrons. The predicted molar refractivity (Wildman–Crippen MR) is 73.1 cm³/mol. The van der Waals surface area contributed by atoms with Gasteiger partial charge in [0.2, 0.25) is 0 Å². The van der Waals surface area contributed by atoms with E-state index in [0.717, 1.165) is 0 Å². The van der Waals surface area contributed by atoms with Crippen molar-refractivity contribution in [3.05, 3.63) is 29.6 Å². The topological polar surface area (TPSA) is 82.1 Å². The first kappa shape index (κ1) is 15.2. The Bertz CT molecular complexity index is 450. The van der Waals surface area contributed by atoms with Gasteiger partial charge in [0.05, 0.1) is 11.3 Å². The molecule has 0 bridgehead atoms. The van der Waals surface area contributed by atoms with Crippen LogP contribution in [0.25, 0.3) is 0 Å². The Morgan fingerprint density at radius 3 is 2.68 bits per heavy atom. The maximum absolute atomic E-state index is 13.9. The SMILES string of the molecule is CC(C)N(CCCO)c1cccc(F)c1C(N)=NO.